The van der Waals surface area contributed by atoms with Crippen molar-refractivity contribution >= 4 is 5.97 Å². The molecule has 0 aromatic heterocycles. The van der Waals surface area contributed by atoms with Crippen LogP contribution in [-0.4, -0.2) is 18.6 Å². The van der Waals surface area contributed by atoms with E-state index >= 15 is 0 Å². The highest BCUT2D eigenvalue weighted by Gasteiger charge is 2.13. The Morgan fingerprint density at radius 3 is 2.75 bits per heavy atom. The van der Waals surface area contributed by atoms with Crippen LogP contribution in [0.1, 0.15) is 12.8 Å². The topological polar surface area (TPSA) is 52.2 Å². The molecule has 3 heteroatoms. The highest BCUT2D eigenvalue weighted by Crippen LogP contribution is 2.02. The molecule has 1 heterocycles. The Morgan fingerprint density at radius 1 is 1.75 bits per heavy atom. The molecule has 46 valence electrons. The van der Waals surface area contributed by atoms with Crippen molar-refractivity contribution < 1.29 is 9.90 Å². The second-order valence-corrected chi connectivity index (χ2v) is 1.97. The Balaban J connectivity index is 2.35. The van der Waals surface area contributed by atoms with Crippen LogP contribution in [0.3, 0.4) is 0 Å². The highest BCUT2D eigenvalue weighted by molar-refractivity contribution is 5.71. The van der Waals surface area contributed by atoms with Crippen molar-refractivity contribution in [3.63, 3.8) is 0 Å². The molecule has 1 saturated heterocycles. The Hall–Kier alpha value is -0.570. The number of nitrogens with one attached hydrogen (secondary N) is 1. The molecule has 1 aliphatic heterocycles. The van der Waals surface area contributed by atoms with E-state index in [1.807, 2.05) is 0 Å². The lowest BCUT2D eigenvalue weighted by atomic mass is 10.2. The molecule has 0 amide bonds. The van der Waals surface area contributed by atoms with Gasteiger partial charge in [-0.15, -0.1) is 0 Å². The van der Waals surface area contributed by atoms with Crippen LogP contribution in [0.25, 0.3) is 0 Å². The van der Waals surface area contributed by atoms with E-state index in [4.69, 9.17) is 0 Å². The van der Waals surface area contributed by atoms with Gasteiger partial charge in [0.1, 0.15) is 0 Å². The molecule has 1 N–H and O–H groups in total. The number of carboxylic acids is 1. The lowest BCUT2D eigenvalue weighted by Gasteiger charge is -2.08. The number of carboxylic acid groups (broad SMARTS) is 1. The first-order chi connectivity index (χ1) is 3.80. The third kappa shape index (κ3) is 0.980. The molecule has 0 spiro atoms. The smallest absolute Gasteiger partial charge is 0.0584 e. The van der Waals surface area contributed by atoms with E-state index in [0.29, 0.717) is 0 Å². The summed E-state index contributed by atoms with van der Waals surface area (Å²) in [5.41, 5.74) is 0. The molecule has 1 atom stereocenters. The van der Waals surface area contributed by atoms with Gasteiger partial charge in [-0.2, -0.15) is 0 Å². The molecular formula is C5H8NO2-. The van der Waals surface area contributed by atoms with E-state index in [-0.39, 0.29) is 6.04 Å². The van der Waals surface area contributed by atoms with Crippen LogP contribution >= 0.6 is 0 Å². The van der Waals surface area contributed by atoms with Gasteiger partial charge in [-0.1, -0.05) is 0 Å². The van der Waals surface area contributed by atoms with Crippen LogP contribution in [0.5, 0.6) is 0 Å². The number of carbonyl (C=O) groups is 1. The molecular weight excluding hydrogens is 106 g/mol. The first-order valence-corrected chi connectivity index (χ1v) is 2.75. The standard InChI is InChI=1S/C5H9NO2/c7-5(8)4-2-1-3-6-4/h4,6H,1-3H2,(H,7,8)/p-1. The van der Waals surface area contributed by atoms with Crippen molar-refractivity contribution in [1.82, 2.24) is 5.32 Å². The van der Waals surface area contributed by atoms with Crippen LogP contribution in [0, 0.1) is 0 Å². The monoisotopic (exact) mass is 114 g/mol. The quantitative estimate of drug-likeness (QED) is 0.451. The summed E-state index contributed by atoms with van der Waals surface area (Å²) >= 11 is 0. The fourth-order valence-electron chi connectivity index (χ4n) is 0.886. The minimum atomic E-state index is -0.970. The minimum absolute atomic E-state index is 0.380. The van der Waals surface area contributed by atoms with Gasteiger partial charge < -0.3 is 15.2 Å². The predicted molar refractivity (Wildman–Crippen MR) is 26.0 cm³/mol. The van der Waals surface area contributed by atoms with Gasteiger partial charge >= 0.3 is 0 Å². The Morgan fingerprint density at radius 2 is 2.50 bits per heavy atom. The second kappa shape index (κ2) is 2.13. The molecule has 0 aromatic rings. The molecule has 0 bridgehead atoms. The third-order valence-corrected chi connectivity index (χ3v) is 1.34. The molecule has 8 heavy (non-hydrogen) atoms. The van der Waals surface area contributed by atoms with E-state index in [1.54, 1.807) is 0 Å². The number of aliphatic carboxylic acids is 1. The zero-order valence-corrected chi connectivity index (χ0v) is 4.52. The van der Waals surface area contributed by atoms with Gasteiger partial charge in [0.05, 0.1) is 5.97 Å². The van der Waals surface area contributed by atoms with Gasteiger partial charge in [0.2, 0.25) is 0 Å². The zero-order chi connectivity index (χ0) is 5.98. The van der Waals surface area contributed by atoms with Crippen molar-refractivity contribution in [3.05, 3.63) is 0 Å². The van der Waals surface area contributed by atoms with Crippen LogP contribution < -0.4 is 10.4 Å². The van der Waals surface area contributed by atoms with Crippen LogP contribution in [0.4, 0.5) is 0 Å². The molecule has 0 aromatic carbocycles. The number of rotatable bonds is 1. The Kier molecular flexibility index (Phi) is 1.48. The lowest BCUT2D eigenvalue weighted by Crippen LogP contribution is -2.41. The summed E-state index contributed by atoms with van der Waals surface area (Å²) in [6.07, 6.45) is 1.68. The average molecular weight is 114 g/mol. The van der Waals surface area contributed by atoms with Gasteiger partial charge in [-0.05, 0) is 19.4 Å². The second-order valence-electron chi connectivity index (χ2n) is 1.97. The summed E-state index contributed by atoms with van der Waals surface area (Å²) in [6.45, 7) is 0.818. The maximum atomic E-state index is 10.0. The summed E-state index contributed by atoms with van der Waals surface area (Å²) < 4.78 is 0. The van der Waals surface area contributed by atoms with Gasteiger partial charge in [-0.3, -0.25) is 0 Å². The van der Waals surface area contributed by atoms with Gasteiger partial charge in [0.15, 0.2) is 0 Å². The van der Waals surface area contributed by atoms with Crippen molar-refractivity contribution in [1.29, 1.82) is 0 Å². The fraction of sp³-hybridized carbons (Fsp3) is 0.800. The predicted octanol–water partition coefficient (Wildman–Crippen LogP) is -1.51. The number of hydrogen-bond acceptors (Lipinski definition) is 3. The number of hydrogen-bond donors (Lipinski definition) is 1. The van der Waals surface area contributed by atoms with E-state index in [2.05, 4.69) is 5.32 Å². The van der Waals surface area contributed by atoms with Gasteiger partial charge in [0.25, 0.3) is 0 Å². The van der Waals surface area contributed by atoms with Crippen molar-refractivity contribution in [2.45, 2.75) is 18.9 Å². The van der Waals surface area contributed by atoms with E-state index in [0.717, 1.165) is 19.4 Å². The summed E-state index contributed by atoms with van der Waals surface area (Å²) in [4.78, 5) is 10.0. The molecule has 1 unspecified atom stereocenters. The maximum Gasteiger partial charge on any atom is 0.0584 e. The van der Waals surface area contributed by atoms with Crippen LogP contribution in [0.15, 0.2) is 0 Å². The molecule has 1 aliphatic rings. The summed E-state index contributed by atoms with van der Waals surface area (Å²) in [5, 5.41) is 12.8. The molecule has 0 saturated carbocycles. The molecule has 1 fully saturated rings. The normalized spacial score (nSPS) is 28.2. The summed E-state index contributed by atoms with van der Waals surface area (Å²) in [6, 6.07) is -0.380. The summed E-state index contributed by atoms with van der Waals surface area (Å²) in [7, 11) is 0. The SMILES string of the molecule is O=C([O-])C1CCCN1. The summed E-state index contributed by atoms with van der Waals surface area (Å²) in [5.74, 6) is -0.970. The van der Waals surface area contributed by atoms with Gasteiger partial charge in [-0.25, -0.2) is 0 Å². The first-order valence-electron chi connectivity index (χ1n) is 2.75. The Bertz CT molecular complexity index is 96.6. The van der Waals surface area contributed by atoms with Crippen LogP contribution in [-0.2, 0) is 4.79 Å². The lowest BCUT2D eigenvalue weighted by molar-refractivity contribution is -0.308. The Labute approximate surface area is 47.7 Å². The van der Waals surface area contributed by atoms with Crippen molar-refractivity contribution in [2.24, 2.45) is 0 Å². The van der Waals surface area contributed by atoms with E-state index < -0.39 is 5.97 Å². The maximum absolute atomic E-state index is 10.0. The third-order valence-electron chi connectivity index (χ3n) is 1.34. The average Bonchev–Trinajstić information content (AvgIpc) is 2.12. The molecule has 0 radical (unpaired) electrons. The van der Waals surface area contributed by atoms with Crippen molar-refractivity contribution in [3.8, 4) is 0 Å². The van der Waals surface area contributed by atoms with Crippen molar-refractivity contribution in [2.75, 3.05) is 6.54 Å². The zero-order valence-electron chi connectivity index (χ0n) is 4.52. The highest BCUT2D eigenvalue weighted by atomic mass is 16.4. The molecule has 0 aliphatic carbocycles. The largest absolute Gasteiger partial charge is 0.548 e. The number of carbonyl (C=O) groups excluding carboxylic acids is 1. The molecule has 3 nitrogen and oxygen atoms in total. The van der Waals surface area contributed by atoms with Crippen LogP contribution in [0.2, 0.25) is 0 Å². The van der Waals surface area contributed by atoms with Gasteiger partial charge in [0, 0.05) is 6.04 Å². The minimum Gasteiger partial charge on any atom is -0.548 e. The first kappa shape index (κ1) is 5.56. The molecule has 1 rings (SSSR count). The van der Waals surface area contributed by atoms with E-state index in [9.17, 15) is 9.90 Å². The fourth-order valence-corrected chi connectivity index (χ4v) is 0.886. The van der Waals surface area contributed by atoms with E-state index in [1.165, 1.54) is 0 Å².